The van der Waals surface area contributed by atoms with Crippen LogP contribution in [0.4, 0.5) is 4.39 Å². The summed E-state index contributed by atoms with van der Waals surface area (Å²) in [5.41, 5.74) is 5.51. The fraction of sp³-hybridized carbons (Fsp3) is 0.105. The molecule has 0 radical (unpaired) electrons. The highest BCUT2D eigenvalue weighted by molar-refractivity contribution is 9.10. The summed E-state index contributed by atoms with van der Waals surface area (Å²) in [6.45, 7) is 0. The molecule has 26 heavy (non-hydrogen) atoms. The molecule has 0 saturated heterocycles. The van der Waals surface area contributed by atoms with Crippen LogP contribution in [0, 0.1) is 5.82 Å². The van der Waals surface area contributed by atoms with Gasteiger partial charge in [0.2, 0.25) is 0 Å². The summed E-state index contributed by atoms with van der Waals surface area (Å²) in [5.74, 6) is -0.299. The number of rotatable bonds is 2. The molecule has 128 valence electrons. The molecule has 4 aromatic rings. The SMILES string of the molecule is Fc1ccc2c(c1)-n1cnc(Br)c1Cc1c(Cc3ccccc3)nnn1-2. The van der Waals surface area contributed by atoms with Crippen molar-refractivity contribution >= 4 is 15.9 Å². The molecule has 5 rings (SSSR count). The van der Waals surface area contributed by atoms with Gasteiger partial charge >= 0.3 is 0 Å². The van der Waals surface area contributed by atoms with E-state index < -0.39 is 0 Å². The third-order valence-electron chi connectivity index (χ3n) is 4.63. The number of benzene rings is 2. The highest BCUT2D eigenvalue weighted by Crippen LogP contribution is 2.32. The minimum Gasteiger partial charge on any atom is -0.299 e. The van der Waals surface area contributed by atoms with E-state index in [4.69, 9.17) is 0 Å². The maximum atomic E-state index is 13.9. The van der Waals surface area contributed by atoms with E-state index in [1.54, 1.807) is 12.4 Å². The van der Waals surface area contributed by atoms with Crippen LogP contribution in [0.2, 0.25) is 0 Å². The smallest absolute Gasteiger partial charge is 0.128 e. The van der Waals surface area contributed by atoms with Crippen molar-refractivity contribution in [3.63, 3.8) is 0 Å². The normalized spacial score (nSPS) is 12.2. The van der Waals surface area contributed by atoms with E-state index in [-0.39, 0.29) is 5.82 Å². The van der Waals surface area contributed by atoms with Gasteiger partial charge in [0, 0.05) is 18.9 Å². The van der Waals surface area contributed by atoms with Crippen molar-refractivity contribution in [2.75, 3.05) is 0 Å². The van der Waals surface area contributed by atoms with Gasteiger partial charge in [-0.1, -0.05) is 35.5 Å². The number of hydrogen-bond donors (Lipinski definition) is 0. The second kappa shape index (κ2) is 5.88. The summed E-state index contributed by atoms with van der Waals surface area (Å²) in [6.07, 6.45) is 3.00. The predicted octanol–water partition coefficient (Wildman–Crippen LogP) is 3.85. The number of halogens is 2. The number of aromatic nitrogens is 5. The van der Waals surface area contributed by atoms with Gasteiger partial charge in [-0.25, -0.2) is 14.1 Å². The first-order valence-corrected chi connectivity index (χ1v) is 8.99. The van der Waals surface area contributed by atoms with Crippen molar-refractivity contribution in [1.82, 2.24) is 24.5 Å². The van der Waals surface area contributed by atoms with Crippen molar-refractivity contribution < 1.29 is 4.39 Å². The van der Waals surface area contributed by atoms with Gasteiger partial charge in [0.25, 0.3) is 0 Å². The Bertz CT molecular complexity index is 1120. The molecule has 5 nitrogen and oxygen atoms in total. The van der Waals surface area contributed by atoms with E-state index in [2.05, 4.69) is 43.4 Å². The lowest BCUT2D eigenvalue weighted by Gasteiger charge is -2.09. The first-order chi connectivity index (χ1) is 12.7. The molecule has 0 fully saturated rings. The second-order valence-electron chi connectivity index (χ2n) is 6.22. The Labute approximate surface area is 157 Å². The Balaban J connectivity index is 1.71. The summed E-state index contributed by atoms with van der Waals surface area (Å²) >= 11 is 3.51. The number of imidazole rings is 1. The maximum absolute atomic E-state index is 13.9. The minimum absolute atomic E-state index is 0.299. The molecule has 0 bridgehead atoms. The van der Waals surface area contributed by atoms with Crippen LogP contribution in [0.15, 0.2) is 59.5 Å². The number of fused-ring (bicyclic) bond motifs is 5. The summed E-state index contributed by atoms with van der Waals surface area (Å²) in [5, 5.41) is 8.79. The van der Waals surface area contributed by atoms with Crippen LogP contribution in [-0.2, 0) is 12.8 Å². The molecule has 0 unspecified atom stereocenters. The zero-order valence-corrected chi connectivity index (χ0v) is 15.2. The van der Waals surface area contributed by atoms with E-state index in [0.29, 0.717) is 18.5 Å². The molecule has 2 aromatic carbocycles. The molecule has 2 aromatic heterocycles. The molecule has 0 saturated carbocycles. The van der Waals surface area contributed by atoms with Gasteiger partial charge in [0.15, 0.2) is 0 Å². The van der Waals surface area contributed by atoms with Crippen molar-refractivity contribution in [3.05, 3.63) is 87.9 Å². The van der Waals surface area contributed by atoms with E-state index in [1.807, 2.05) is 27.4 Å². The largest absolute Gasteiger partial charge is 0.299 e. The highest BCUT2D eigenvalue weighted by Gasteiger charge is 2.25. The Morgan fingerprint density at radius 2 is 1.88 bits per heavy atom. The van der Waals surface area contributed by atoms with Crippen LogP contribution in [0.25, 0.3) is 11.4 Å². The van der Waals surface area contributed by atoms with Gasteiger partial charge in [-0.05, 0) is 33.6 Å². The Kier molecular flexibility index (Phi) is 3.49. The Morgan fingerprint density at radius 1 is 1.04 bits per heavy atom. The van der Waals surface area contributed by atoms with E-state index >= 15 is 0 Å². The van der Waals surface area contributed by atoms with E-state index in [9.17, 15) is 4.39 Å². The van der Waals surface area contributed by atoms with Crippen LogP contribution in [-0.4, -0.2) is 24.5 Å². The zero-order valence-electron chi connectivity index (χ0n) is 13.6. The molecular weight excluding hydrogens is 397 g/mol. The highest BCUT2D eigenvalue weighted by atomic mass is 79.9. The monoisotopic (exact) mass is 409 g/mol. The fourth-order valence-corrected chi connectivity index (χ4v) is 3.80. The maximum Gasteiger partial charge on any atom is 0.128 e. The zero-order chi connectivity index (χ0) is 17.7. The molecular formula is C19H13BrFN5. The van der Waals surface area contributed by atoms with Crippen molar-refractivity contribution in [3.8, 4) is 11.4 Å². The summed E-state index contributed by atoms with van der Waals surface area (Å²) in [4.78, 5) is 4.35. The van der Waals surface area contributed by atoms with Crippen LogP contribution in [0.5, 0.6) is 0 Å². The van der Waals surface area contributed by atoms with Crippen LogP contribution < -0.4 is 0 Å². The molecule has 0 spiro atoms. The Hall–Kier alpha value is -2.80. The van der Waals surface area contributed by atoms with Crippen LogP contribution >= 0.6 is 15.9 Å². The van der Waals surface area contributed by atoms with Gasteiger partial charge in [-0.3, -0.25) is 4.57 Å². The second-order valence-corrected chi connectivity index (χ2v) is 6.97. The average Bonchev–Trinajstić information content (AvgIpc) is 3.17. The minimum atomic E-state index is -0.299. The first kappa shape index (κ1) is 15.5. The van der Waals surface area contributed by atoms with Gasteiger partial charge in [-0.15, -0.1) is 5.10 Å². The molecule has 7 heteroatoms. The topological polar surface area (TPSA) is 48.5 Å². The van der Waals surface area contributed by atoms with Crippen molar-refractivity contribution in [2.24, 2.45) is 0 Å². The first-order valence-electron chi connectivity index (χ1n) is 8.20. The van der Waals surface area contributed by atoms with Gasteiger partial charge < -0.3 is 0 Å². The number of hydrogen-bond acceptors (Lipinski definition) is 3. The average molecular weight is 410 g/mol. The van der Waals surface area contributed by atoms with Crippen LogP contribution in [0.3, 0.4) is 0 Å². The lowest BCUT2D eigenvalue weighted by atomic mass is 10.1. The number of nitrogens with zero attached hydrogens (tertiary/aromatic N) is 5. The molecule has 1 aliphatic heterocycles. The van der Waals surface area contributed by atoms with Gasteiger partial charge in [0.1, 0.15) is 16.7 Å². The fourth-order valence-electron chi connectivity index (χ4n) is 3.37. The quantitative estimate of drug-likeness (QED) is 0.444. The molecule has 0 N–H and O–H groups in total. The van der Waals surface area contributed by atoms with Crippen LogP contribution in [0.1, 0.15) is 22.6 Å². The predicted molar refractivity (Wildman–Crippen MR) is 98.2 cm³/mol. The van der Waals surface area contributed by atoms with E-state index in [0.717, 1.165) is 27.4 Å². The summed E-state index contributed by atoms with van der Waals surface area (Å²) in [6, 6.07) is 14.9. The van der Waals surface area contributed by atoms with Crippen molar-refractivity contribution in [1.29, 1.82) is 0 Å². The molecule has 3 heterocycles. The lowest BCUT2D eigenvalue weighted by Crippen LogP contribution is -2.04. The molecule has 0 aliphatic carbocycles. The van der Waals surface area contributed by atoms with Gasteiger partial charge in [0.05, 0.1) is 28.5 Å². The Morgan fingerprint density at radius 3 is 2.73 bits per heavy atom. The lowest BCUT2D eigenvalue weighted by molar-refractivity contribution is 0.625. The van der Waals surface area contributed by atoms with Gasteiger partial charge in [-0.2, -0.15) is 0 Å². The molecule has 0 amide bonds. The molecule has 1 aliphatic rings. The standard InChI is InChI=1S/C19H13BrFN5/c20-19-18-10-16-14(8-12-4-2-1-3-5-12)23-24-26(16)15-7-6-13(21)9-17(15)25(18)11-22-19/h1-7,9,11H,8,10H2. The summed E-state index contributed by atoms with van der Waals surface area (Å²) in [7, 11) is 0. The third kappa shape index (κ3) is 2.39. The third-order valence-corrected chi connectivity index (χ3v) is 5.30. The van der Waals surface area contributed by atoms with Crippen molar-refractivity contribution in [2.45, 2.75) is 12.8 Å². The molecule has 0 atom stereocenters. The van der Waals surface area contributed by atoms with E-state index in [1.165, 1.54) is 17.7 Å². The summed E-state index contributed by atoms with van der Waals surface area (Å²) < 4.78 is 18.4.